The highest BCUT2D eigenvalue weighted by Gasteiger charge is 2.27. The van der Waals surface area contributed by atoms with Crippen LogP contribution in [0.15, 0.2) is 18.2 Å². The maximum absolute atomic E-state index is 11.7. The van der Waals surface area contributed by atoms with Gasteiger partial charge in [-0.25, -0.2) is 9.78 Å². The minimum atomic E-state index is -0.596. The number of aromatic nitrogens is 2. The molecule has 1 N–H and O–H groups in total. The van der Waals surface area contributed by atoms with Crippen LogP contribution in [-0.2, 0) is 28.9 Å². The molecule has 1 aliphatic heterocycles. The smallest absolute Gasteiger partial charge is 0.435 e. The molecular weight excluding hydrogens is 507 g/mol. The highest BCUT2D eigenvalue weighted by molar-refractivity contribution is 7.19. The molecule has 2 aliphatic rings. The number of hydrogen-bond donors (Lipinski definition) is 1. The summed E-state index contributed by atoms with van der Waals surface area (Å²) in [5.41, 5.74) is 2.43. The fourth-order valence-electron chi connectivity index (χ4n) is 4.71. The van der Waals surface area contributed by atoms with E-state index in [4.69, 9.17) is 42.6 Å². The number of hydrogen-bond acceptors (Lipinski definition) is 8. The van der Waals surface area contributed by atoms with Gasteiger partial charge in [0.1, 0.15) is 16.8 Å². The number of aryl methyl sites for hydroxylation is 2. The maximum atomic E-state index is 11.7. The number of anilines is 2. The Bertz CT molecular complexity index is 1230. The van der Waals surface area contributed by atoms with E-state index in [0.717, 1.165) is 34.4 Å². The zero-order valence-electron chi connectivity index (χ0n) is 19.6. The SMILES string of the molecule is CCOC(=O)OC1CCN(c2nc(NCc3ccc(Cl)c(Cl)c3)c3c4c(sc3n2)CCCC4)CC1. The summed E-state index contributed by atoms with van der Waals surface area (Å²) in [6.45, 7) is 4.10. The molecule has 7 nitrogen and oxygen atoms in total. The van der Waals surface area contributed by atoms with Gasteiger partial charge in [0.25, 0.3) is 0 Å². The highest BCUT2D eigenvalue weighted by atomic mass is 35.5. The van der Waals surface area contributed by atoms with Gasteiger partial charge >= 0.3 is 6.16 Å². The van der Waals surface area contributed by atoms with Gasteiger partial charge in [-0.15, -0.1) is 11.3 Å². The van der Waals surface area contributed by atoms with Crippen molar-refractivity contribution in [2.75, 3.05) is 29.9 Å². The average Bonchev–Trinajstić information content (AvgIpc) is 3.24. The maximum Gasteiger partial charge on any atom is 0.508 e. The van der Waals surface area contributed by atoms with Gasteiger partial charge in [-0.1, -0.05) is 29.3 Å². The summed E-state index contributed by atoms with van der Waals surface area (Å²) in [7, 11) is 0. The number of thiophene rings is 1. The fourth-order valence-corrected chi connectivity index (χ4v) is 6.29. The van der Waals surface area contributed by atoms with Crippen molar-refractivity contribution in [1.29, 1.82) is 0 Å². The number of nitrogens with one attached hydrogen (secondary N) is 1. The Morgan fingerprint density at radius 3 is 2.74 bits per heavy atom. The lowest BCUT2D eigenvalue weighted by molar-refractivity contribution is 0.0183. The van der Waals surface area contributed by atoms with Crippen molar-refractivity contribution in [3.63, 3.8) is 0 Å². The van der Waals surface area contributed by atoms with Crippen molar-refractivity contribution in [3.8, 4) is 0 Å². The van der Waals surface area contributed by atoms with E-state index in [9.17, 15) is 4.79 Å². The molecule has 0 spiro atoms. The molecule has 0 saturated carbocycles. The van der Waals surface area contributed by atoms with Gasteiger partial charge in [0.15, 0.2) is 0 Å². The largest absolute Gasteiger partial charge is 0.508 e. The molecule has 1 aromatic carbocycles. The third-order valence-electron chi connectivity index (χ3n) is 6.50. The number of piperidine rings is 1. The molecule has 2 aromatic heterocycles. The summed E-state index contributed by atoms with van der Waals surface area (Å²) < 4.78 is 10.3. The highest BCUT2D eigenvalue weighted by Crippen LogP contribution is 2.40. The van der Waals surface area contributed by atoms with Crippen LogP contribution in [0.1, 0.15) is 48.6 Å². The van der Waals surface area contributed by atoms with E-state index in [1.54, 1.807) is 18.3 Å². The zero-order chi connectivity index (χ0) is 24.4. The van der Waals surface area contributed by atoms with E-state index in [2.05, 4.69) is 10.2 Å². The second-order valence-corrected chi connectivity index (χ2v) is 10.8. The van der Waals surface area contributed by atoms with Crippen molar-refractivity contribution in [2.45, 2.75) is 58.1 Å². The van der Waals surface area contributed by atoms with E-state index in [0.29, 0.717) is 55.1 Å². The molecule has 1 aliphatic carbocycles. The second-order valence-electron chi connectivity index (χ2n) is 8.85. The summed E-state index contributed by atoms with van der Waals surface area (Å²) in [4.78, 5) is 26.3. The summed E-state index contributed by atoms with van der Waals surface area (Å²) in [6, 6.07) is 5.67. The molecule has 1 fully saturated rings. The van der Waals surface area contributed by atoms with Crippen LogP contribution in [-0.4, -0.2) is 41.9 Å². The molecule has 3 heterocycles. The number of rotatable bonds is 6. The van der Waals surface area contributed by atoms with Crippen molar-refractivity contribution in [1.82, 2.24) is 9.97 Å². The van der Waals surface area contributed by atoms with E-state index in [1.807, 2.05) is 18.2 Å². The lowest BCUT2D eigenvalue weighted by Crippen LogP contribution is -2.39. The molecule has 35 heavy (non-hydrogen) atoms. The van der Waals surface area contributed by atoms with Crippen LogP contribution >= 0.6 is 34.5 Å². The van der Waals surface area contributed by atoms with E-state index >= 15 is 0 Å². The van der Waals surface area contributed by atoms with Crippen LogP contribution in [0.5, 0.6) is 0 Å². The predicted octanol–water partition coefficient (Wildman–Crippen LogP) is 6.63. The first-order valence-electron chi connectivity index (χ1n) is 12.1. The molecule has 0 atom stereocenters. The van der Waals surface area contributed by atoms with Crippen LogP contribution in [0.3, 0.4) is 0 Å². The number of nitrogens with zero attached hydrogens (tertiary/aromatic N) is 3. The van der Waals surface area contributed by atoms with Gasteiger partial charge in [0.05, 0.1) is 22.0 Å². The summed E-state index contributed by atoms with van der Waals surface area (Å²) in [5.74, 6) is 1.57. The first-order valence-corrected chi connectivity index (χ1v) is 13.7. The van der Waals surface area contributed by atoms with Gasteiger partial charge in [-0.05, 0) is 55.9 Å². The quantitative estimate of drug-likeness (QED) is 0.355. The lowest BCUT2D eigenvalue weighted by Gasteiger charge is -2.31. The molecule has 3 aromatic rings. The van der Waals surface area contributed by atoms with Gasteiger partial charge in [0, 0.05) is 37.4 Å². The summed E-state index contributed by atoms with van der Waals surface area (Å²) in [6.07, 6.45) is 5.28. The molecule has 0 bridgehead atoms. The molecule has 0 unspecified atom stereocenters. The molecule has 0 radical (unpaired) electrons. The molecule has 5 rings (SSSR count). The third kappa shape index (κ3) is 5.44. The normalized spacial score (nSPS) is 16.3. The molecule has 1 saturated heterocycles. The molecule has 10 heteroatoms. The van der Waals surface area contributed by atoms with Crippen molar-refractivity contribution >= 4 is 62.7 Å². The average molecular weight is 535 g/mol. The standard InChI is InChI=1S/C25H28Cl2N4O3S/c1-2-33-25(32)34-16-9-11-31(12-10-16)24-29-22(28-14-15-7-8-18(26)19(27)13-15)21-17-5-3-4-6-20(17)35-23(21)30-24/h7-8,13,16H,2-6,9-12,14H2,1H3,(H,28,29,30). The Labute approximate surface area is 218 Å². The molecule has 186 valence electrons. The van der Waals surface area contributed by atoms with Crippen LogP contribution < -0.4 is 10.2 Å². The molecule has 0 amide bonds. The van der Waals surface area contributed by atoms with Gasteiger partial charge in [-0.2, -0.15) is 4.98 Å². The second kappa shape index (κ2) is 10.8. The van der Waals surface area contributed by atoms with Crippen LogP contribution in [0.4, 0.5) is 16.6 Å². The first-order chi connectivity index (χ1) is 17.0. The predicted molar refractivity (Wildman–Crippen MR) is 141 cm³/mol. The summed E-state index contributed by atoms with van der Waals surface area (Å²) in [5, 5.41) is 5.79. The van der Waals surface area contributed by atoms with E-state index in [1.165, 1.54) is 23.3 Å². The first kappa shape index (κ1) is 24.4. The topological polar surface area (TPSA) is 76.6 Å². The van der Waals surface area contributed by atoms with Crippen molar-refractivity contribution in [3.05, 3.63) is 44.2 Å². The number of benzene rings is 1. The Kier molecular flexibility index (Phi) is 7.51. The minimum absolute atomic E-state index is 0.143. The van der Waals surface area contributed by atoms with Gasteiger partial charge in [0.2, 0.25) is 5.95 Å². The number of ether oxygens (including phenoxy) is 2. The zero-order valence-corrected chi connectivity index (χ0v) is 21.9. The Morgan fingerprint density at radius 2 is 1.97 bits per heavy atom. The Hall–Kier alpha value is -2.29. The van der Waals surface area contributed by atoms with Crippen LogP contribution in [0.2, 0.25) is 10.0 Å². The fraction of sp³-hybridized carbons (Fsp3) is 0.480. The van der Waals surface area contributed by atoms with Crippen molar-refractivity contribution in [2.24, 2.45) is 0 Å². The van der Waals surface area contributed by atoms with Gasteiger partial charge in [-0.3, -0.25) is 0 Å². The number of carbonyl (C=O) groups excluding carboxylic acids is 1. The number of fused-ring (bicyclic) bond motifs is 3. The summed E-state index contributed by atoms with van der Waals surface area (Å²) >= 11 is 14.1. The van der Waals surface area contributed by atoms with E-state index < -0.39 is 6.16 Å². The van der Waals surface area contributed by atoms with Crippen LogP contribution in [0.25, 0.3) is 10.2 Å². The third-order valence-corrected chi connectivity index (χ3v) is 8.42. The number of halogens is 2. The Balaban J connectivity index is 1.39. The van der Waals surface area contributed by atoms with Crippen molar-refractivity contribution < 1.29 is 14.3 Å². The minimum Gasteiger partial charge on any atom is -0.435 e. The lowest BCUT2D eigenvalue weighted by atomic mass is 9.97. The monoisotopic (exact) mass is 534 g/mol. The Morgan fingerprint density at radius 1 is 1.17 bits per heavy atom. The van der Waals surface area contributed by atoms with E-state index in [-0.39, 0.29) is 6.10 Å². The van der Waals surface area contributed by atoms with Crippen LogP contribution in [0, 0.1) is 0 Å². The van der Waals surface area contributed by atoms with Gasteiger partial charge < -0.3 is 19.7 Å². The number of carbonyl (C=O) groups is 1. The molecular formula is C25H28Cl2N4O3S.